The average molecular weight is 564 g/mol. The number of amides is 3. The summed E-state index contributed by atoms with van der Waals surface area (Å²) in [7, 11) is 0. The molecule has 5 aliphatic rings. The Labute approximate surface area is 245 Å². The smallest absolute Gasteiger partial charge is 0.255 e. The van der Waals surface area contributed by atoms with E-state index in [1.54, 1.807) is 4.90 Å². The van der Waals surface area contributed by atoms with Crippen molar-refractivity contribution in [2.24, 2.45) is 17.8 Å². The van der Waals surface area contributed by atoms with Gasteiger partial charge < -0.3 is 15.1 Å². The van der Waals surface area contributed by atoms with Crippen molar-refractivity contribution in [1.29, 1.82) is 0 Å². The summed E-state index contributed by atoms with van der Waals surface area (Å²) in [6, 6.07) is 5.42. The minimum absolute atomic E-state index is 0.0885. The zero-order chi connectivity index (χ0) is 28.6. The molecule has 0 spiro atoms. The van der Waals surface area contributed by atoms with Crippen LogP contribution in [0.3, 0.4) is 0 Å². The van der Waals surface area contributed by atoms with Crippen molar-refractivity contribution in [2.75, 3.05) is 45.8 Å². The van der Waals surface area contributed by atoms with Crippen molar-refractivity contribution in [1.82, 2.24) is 25.3 Å². The number of carbonyl (C=O) groups is 3. The van der Waals surface area contributed by atoms with E-state index in [1.807, 2.05) is 12.1 Å². The van der Waals surface area contributed by atoms with Crippen LogP contribution in [-0.4, -0.2) is 89.8 Å². The molecule has 2 bridgehead atoms. The Morgan fingerprint density at radius 2 is 1.68 bits per heavy atom. The van der Waals surface area contributed by atoms with Gasteiger partial charge in [-0.05, 0) is 86.3 Å². The molecular formula is C33H49N5O3. The molecular weight excluding hydrogens is 514 g/mol. The van der Waals surface area contributed by atoms with Crippen LogP contribution in [-0.2, 0) is 22.6 Å². The Bertz CT molecular complexity index is 1130. The van der Waals surface area contributed by atoms with Crippen LogP contribution in [0.5, 0.6) is 0 Å². The predicted molar refractivity (Wildman–Crippen MR) is 159 cm³/mol. The lowest BCUT2D eigenvalue weighted by molar-refractivity contribution is -0.136. The van der Waals surface area contributed by atoms with Crippen LogP contribution < -0.4 is 10.6 Å². The number of piperidine rings is 1. The van der Waals surface area contributed by atoms with Crippen molar-refractivity contribution in [3.8, 4) is 0 Å². The second kappa shape index (κ2) is 12.1. The summed E-state index contributed by atoms with van der Waals surface area (Å²) in [5.74, 6) is 2.09. The van der Waals surface area contributed by atoms with Gasteiger partial charge in [-0.25, -0.2) is 0 Å². The van der Waals surface area contributed by atoms with Crippen LogP contribution in [0.1, 0.15) is 86.7 Å². The van der Waals surface area contributed by atoms with Crippen molar-refractivity contribution in [2.45, 2.75) is 89.8 Å². The molecule has 6 rings (SSSR count). The van der Waals surface area contributed by atoms with Gasteiger partial charge in [0.2, 0.25) is 11.8 Å². The normalized spacial score (nSPS) is 32.7. The molecule has 0 radical (unpaired) electrons. The molecule has 4 fully saturated rings. The van der Waals surface area contributed by atoms with Gasteiger partial charge in [-0.1, -0.05) is 26.0 Å². The number of piperazine rings is 1. The van der Waals surface area contributed by atoms with Crippen molar-refractivity contribution in [3.05, 3.63) is 34.9 Å². The predicted octanol–water partition coefficient (Wildman–Crippen LogP) is 3.19. The van der Waals surface area contributed by atoms with E-state index in [2.05, 4.69) is 40.3 Å². The minimum Gasteiger partial charge on any atom is -0.322 e. The van der Waals surface area contributed by atoms with Crippen LogP contribution in [0.4, 0.5) is 0 Å². The molecule has 3 atom stereocenters. The second-order valence-electron chi connectivity index (χ2n) is 13.8. The molecule has 3 unspecified atom stereocenters. The minimum atomic E-state index is -0.559. The number of rotatable bonds is 9. The maximum Gasteiger partial charge on any atom is 0.255 e. The Hall–Kier alpha value is -2.29. The largest absolute Gasteiger partial charge is 0.322 e. The van der Waals surface area contributed by atoms with Crippen LogP contribution >= 0.6 is 0 Å². The first kappa shape index (κ1) is 28.8. The summed E-state index contributed by atoms with van der Waals surface area (Å²) in [5, 5.41) is 6.46. The molecule has 2 N–H and O–H groups in total. The van der Waals surface area contributed by atoms with Crippen molar-refractivity contribution < 1.29 is 14.4 Å². The second-order valence-corrected chi connectivity index (χ2v) is 13.8. The van der Waals surface area contributed by atoms with E-state index in [4.69, 9.17) is 0 Å². The zero-order valence-corrected chi connectivity index (χ0v) is 25.1. The van der Waals surface area contributed by atoms with Gasteiger partial charge in [-0.15, -0.1) is 0 Å². The summed E-state index contributed by atoms with van der Waals surface area (Å²) in [4.78, 5) is 44.0. The maximum atomic E-state index is 13.1. The van der Waals surface area contributed by atoms with Gasteiger partial charge in [0.1, 0.15) is 6.04 Å². The van der Waals surface area contributed by atoms with Crippen molar-refractivity contribution in [3.63, 3.8) is 0 Å². The van der Waals surface area contributed by atoms with E-state index >= 15 is 0 Å². The first-order chi connectivity index (χ1) is 19.8. The molecule has 1 aromatic rings. The molecule has 1 aromatic carbocycles. The Balaban J connectivity index is 0.955. The molecule has 0 aromatic heterocycles. The first-order valence-corrected chi connectivity index (χ1v) is 16.3. The lowest BCUT2D eigenvalue weighted by Crippen LogP contribution is -2.55. The number of carbonyl (C=O) groups excluding carboxylic acids is 3. The van der Waals surface area contributed by atoms with Gasteiger partial charge in [0.05, 0.1) is 0 Å². The number of hydrogen-bond donors (Lipinski definition) is 2. The molecule has 8 nitrogen and oxygen atoms in total. The van der Waals surface area contributed by atoms with Crippen LogP contribution in [0.2, 0.25) is 0 Å². The van der Waals surface area contributed by atoms with Crippen LogP contribution in [0.15, 0.2) is 18.2 Å². The number of fused-ring (bicyclic) bond motifs is 3. The molecule has 8 heteroatoms. The number of nitrogens with one attached hydrogen (secondary N) is 2. The van der Waals surface area contributed by atoms with Gasteiger partial charge in [0.15, 0.2) is 0 Å². The number of imide groups is 1. The third kappa shape index (κ3) is 6.25. The number of hydrogen-bond acceptors (Lipinski definition) is 6. The average Bonchev–Trinajstić information content (AvgIpc) is 3.28. The Kier molecular flexibility index (Phi) is 8.53. The monoisotopic (exact) mass is 563 g/mol. The lowest BCUT2D eigenvalue weighted by Gasteiger charge is -2.49. The van der Waals surface area contributed by atoms with Crippen LogP contribution in [0.25, 0.3) is 0 Å². The van der Waals surface area contributed by atoms with E-state index in [9.17, 15) is 14.4 Å². The summed E-state index contributed by atoms with van der Waals surface area (Å²) in [6.07, 6.45) is 9.92. The number of nitrogens with zero attached hydrogens (tertiary/aromatic N) is 3. The molecule has 3 heterocycles. The highest BCUT2D eigenvalue weighted by Crippen LogP contribution is 2.47. The fourth-order valence-corrected chi connectivity index (χ4v) is 8.86. The zero-order valence-electron chi connectivity index (χ0n) is 25.1. The van der Waals surface area contributed by atoms with Gasteiger partial charge in [0.25, 0.3) is 5.91 Å². The third-order valence-corrected chi connectivity index (χ3v) is 10.9. The SMILES string of the molecule is CCC1(NCCN2CCN(CCc3cccc4c3CN(C3CCC(=O)NC3=O)C4=O)CC2)CC2CC(C)CC(C2)C1. The first-order valence-electron chi connectivity index (χ1n) is 16.3. The summed E-state index contributed by atoms with van der Waals surface area (Å²) in [6.45, 7) is 12.9. The standard InChI is InChI=1S/C33H49N5O3/c1-3-33(20-24-17-23(2)18-25(19-24)21-33)34-10-12-37-15-13-36(14-16-37)11-9-26-5-4-6-27-28(26)22-38(32(27)41)29-7-8-30(39)35-31(29)40/h4-6,23-25,29,34H,3,7-22H2,1-2H3,(H,35,39,40). The Morgan fingerprint density at radius 3 is 2.37 bits per heavy atom. The summed E-state index contributed by atoms with van der Waals surface area (Å²) < 4.78 is 0. The van der Waals surface area contributed by atoms with E-state index in [0.717, 1.165) is 75.6 Å². The maximum absolute atomic E-state index is 13.1. The molecule has 3 aliphatic heterocycles. The third-order valence-electron chi connectivity index (χ3n) is 10.9. The number of benzene rings is 1. The van der Waals surface area contributed by atoms with Gasteiger partial charge in [-0.2, -0.15) is 0 Å². The lowest BCUT2D eigenvalue weighted by atomic mass is 9.61. The molecule has 2 saturated heterocycles. The van der Waals surface area contributed by atoms with Crippen molar-refractivity contribution >= 4 is 17.7 Å². The highest BCUT2D eigenvalue weighted by molar-refractivity contribution is 6.05. The van der Waals surface area contributed by atoms with E-state index in [1.165, 1.54) is 44.1 Å². The molecule has 3 amide bonds. The summed E-state index contributed by atoms with van der Waals surface area (Å²) >= 11 is 0. The molecule has 224 valence electrons. The quantitative estimate of drug-likeness (QED) is 0.449. The molecule has 41 heavy (non-hydrogen) atoms. The summed E-state index contributed by atoms with van der Waals surface area (Å²) in [5.41, 5.74) is 3.33. The topological polar surface area (TPSA) is 85.0 Å². The molecule has 2 aliphatic carbocycles. The highest BCUT2D eigenvalue weighted by Gasteiger charge is 2.42. The van der Waals surface area contributed by atoms with E-state index in [-0.39, 0.29) is 24.1 Å². The van der Waals surface area contributed by atoms with Gasteiger partial charge in [-0.3, -0.25) is 24.6 Å². The van der Waals surface area contributed by atoms with E-state index < -0.39 is 6.04 Å². The fraction of sp³-hybridized carbons (Fsp3) is 0.727. The molecule has 2 saturated carbocycles. The highest BCUT2D eigenvalue weighted by atomic mass is 16.2. The van der Waals surface area contributed by atoms with Crippen LogP contribution in [0, 0.1) is 17.8 Å². The van der Waals surface area contributed by atoms with E-state index in [0.29, 0.717) is 24.1 Å². The Morgan fingerprint density at radius 1 is 0.976 bits per heavy atom. The van der Waals surface area contributed by atoms with Gasteiger partial charge in [0, 0.05) is 69.9 Å². The fourth-order valence-electron chi connectivity index (χ4n) is 8.86. The van der Waals surface area contributed by atoms with Gasteiger partial charge >= 0.3 is 0 Å².